The van der Waals surface area contributed by atoms with Crippen LogP contribution in [0, 0.1) is 5.92 Å². The number of nitrogens with zero attached hydrogens (tertiary/aromatic N) is 2. The second kappa shape index (κ2) is 13.4. The van der Waals surface area contributed by atoms with Crippen LogP contribution in [0.4, 0.5) is 0 Å². The van der Waals surface area contributed by atoms with Gasteiger partial charge in [-0.05, 0) is 30.5 Å². The third-order valence-corrected chi connectivity index (χ3v) is 6.58. The third-order valence-electron chi connectivity index (χ3n) is 6.02. The highest BCUT2D eigenvalue weighted by Gasteiger charge is 2.54. The van der Waals surface area contributed by atoms with Gasteiger partial charge in [-0.2, -0.15) is 0 Å². The molecular formula is C25H34BCl2N3O7. The van der Waals surface area contributed by atoms with Gasteiger partial charge in [-0.1, -0.05) is 37.0 Å². The van der Waals surface area contributed by atoms with Crippen molar-refractivity contribution in [3.8, 4) is 0 Å². The van der Waals surface area contributed by atoms with Crippen molar-refractivity contribution in [1.29, 1.82) is 0 Å². The summed E-state index contributed by atoms with van der Waals surface area (Å²) in [5, 5.41) is 3.04. The van der Waals surface area contributed by atoms with Gasteiger partial charge >= 0.3 is 7.12 Å². The van der Waals surface area contributed by atoms with Gasteiger partial charge in [0.2, 0.25) is 5.91 Å². The summed E-state index contributed by atoms with van der Waals surface area (Å²) in [6.45, 7) is 3.55. The Labute approximate surface area is 233 Å². The van der Waals surface area contributed by atoms with Crippen LogP contribution in [0.5, 0.6) is 0 Å². The van der Waals surface area contributed by atoms with Gasteiger partial charge in [0, 0.05) is 45.5 Å². The zero-order chi connectivity index (χ0) is 28.8. The van der Waals surface area contributed by atoms with E-state index in [9.17, 15) is 24.0 Å². The van der Waals surface area contributed by atoms with Crippen molar-refractivity contribution in [2.24, 2.45) is 5.92 Å². The SMILES string of the molecule is CC(C)C[C@H](CC(=O)CNC(=O)c1cc(Cl)ccc1Cl)B1OC(=O)C[C@@](CC(=O)N(C)C)(C(=O)N(C)C)O1. The molecule has 0 spiro atoms. The highest BCUT2D eigenvalue weighted by atomic mass is 35.5. The lowest BCUT2D eigenvalue weighted by atomic mass is 9.63. The van der Waals surface area contributed by atoms with Gasteiger partial charge in [0.1, 0.15) is 0 Å². The number of amides is 3. The fourth-order valence-electron chi connectivity index (χ4n) is 4.21. The molecule has 0 aliphatic carbocycles. The number of ketones is 1. The Hall–Kier alpha value is -2.63. The molecule has 0 radical (unpaired) electrons. The monoisotopic (exact) mass is 569 g/mol. The predicted molar refractivity (Wildman–Crippen MR) is 144 cm³/mol. The zero-order valence-corrected chi connectivity index (χ0v) is 24.0. The number of Topliss-reactive ketones (excluding diaryl/α,β-unsaturated/α-hetero) is 1. The minimum Gasteiger partial charge on any atom is -0.509 e. The number of nitrogens with one attached hydrogen (secondary N) is 1. The fraction of sp³-hybridized carbons (Fsp3) is 0.560. The molecule has 0 saturated carbocycles. The molecule has 1 N–H and O–H groups in total. The van der Waals surface area contributed by atoms with E-state index in [2.05, 4.69) is 5.32 Å². The minimum atomic E-state index is -1.76. The molecule has 1 aliphatic heterocycles. The molecule has 0 aromatic heterocycles. The Morgan fingerprint density at radius 1 is 1.11 bits per heavy atom. The molecule has 13 heteroatoms. The van der Waals surface area contributed by atoms with Crippen molar-refractivity contribution >= 4 is 59.8 Å². The molecule has 0 unspecified atom stereocenters. The van der Waals surface area contributed by atoms with Gasteiger partial charge in [0.25, 0.3) is 17.8 Å². The van der Waals surface area contributed by atoms with E-state index in [-0.39, 0.29) is 41.7 Å². The summed E-state index contributed by atoms with van der Waals surface area (Å²) >= 11 is 12.0. The van der Waals surface area contributed by atoms with Gasteiger partial charge in [-0.25, -0.2) is 0 Å². The van der Waals surface area contributed by atoms with Gasteiger partial charge in [0.15, 0.2) is 11.4 Å². The summed E-state index contributed by atoms with van der Waals surface area (Å²) in [5.74, 6) is -3.10. The zero-order valence-electron chi connectivity index (χ0n) is 22.5. The maximum absolute atomic E-state index is 13.2. The van der Waals surface area contributed by atoms with Crippen LogP contribution in [-0.4, -0.2) is 86.7 Å². The van der Waals surface area contributed by atoms with E-state index in [0.29, 0.717) is 11.4 Å². The average molecular weight is 570 g/mol. The number of likely N-dealkylation sites (N-methyl/N-ethyl adjacent to an activating group) is 1. The highest BCUT2D eigenvalue weighted by molar-refractivity contribution is 6.50. The average Bonchev–Trinajstić information content (AvgIpc) is 2.82. The van der Waals surface area contributed by atoms with Crippen molar-refractivity contribution in [2.45, 2.75) is 50.9 Å². The van der Waals surface area contributed by atoms with Crippen LogP contribution in [0.3, 0.4) is 0 Å². The summed E-state index contributed by atoms with van der Waals surface area (Å²) in [6, 6.07) is 4.42. The molecule has 10 nitrogen and oxygen atoms in total. The first-order valence-corrected chi connectivity index (χ1v) is 12.9. The number of carbonyl (C=O) groups is 5. The molecular weight excluding hydrogens is 536 g/mol. The Balaban J connectivity index is 2.23. The third kappa shape index (κ3) is 8.44. The van der Waals surface area contributed by atoms with Gasteiger partial charge in [-0.3, -0.25) is 24.0 Å². The van der Waals surface area contributed by atoms with Crippen LogP contribution < -0.4 is 5.32 Å². The predicted octanol–water partition coefficient (Wildman–Crippen LogP) is 2.86. The van der Waals surface area contributed by atoms with E-state index >= 15 is 0 Å². The number of hydrogen-bond donors (Lipinski definition) is 1. The van der Waals surface area contributed by atoms with Crippen LogP contribution in [0.2, 0.25) is 15.9 Å². The van der Waals surface area contributed by atoms with Crippen molar-refractivity contribution in [1.82, 2.24) is 15.1 Å². The van der Waals surface area contributed by atoms with Crippen LogP contribution in [0.15, 0.2) is 18.2 Å². The van der Waals surface area contributed by atoms with E-state index in [1.165, 1.54) is 36.0 Å². The quantitative estimate of drug-likeness (QED) is 0.406. The molecule has 0 bridgehead atoms. The fourth-order valence-corrected chi connectivity index (χ4v) is 4.58. The molecule has 2 atom stereocenters. The molecule has 208 valence electrons. The summed E-state index contributed by atoms with van der Waals surface area (Å²) in [6.07, 6.45) is -0.473. The number of halogens is 2. The van der Waals surface area contributed by atoms with Crippen molar-refractivity contribution < 1.29 is 33.3 Å². The summed E-state index contributed by atoms with van der Waals surface area (Å²) < 4.78 is 11.6. The molecule has 3 amide bonds. The lowest BCUT2D eigenvalue weighted by Gasteiger charge is -2.41. The van der Waals surface area contributed by atoms with Crippen LogP contribution in [0.25, 0.3) is 0 Å². The van der Waals surface area contributed by atoms with Crippen LogP contribution in [0.1, 0.15) is 49.9 Å². The smallest absolute Gasteiger partial charge is 0.509 e. The van der Waals surface area contributed by atoms with Crippen molar-refractivity contribution in [3.63, 3.8) is 0 Å². The number of benzene rings is 1. The Morgan fingerprint density at radius 3 is 2.34 bits per heavy atom. The molecule has 1 heterocycles. The van der Waals surface area contributed by atoms with Gasteiger partial charge in [0.05, 0.1) is 30.0 Å². The van der Waals surface area contributed by atoms with E-state index in [0.717, 1.165) is 0 Å². The number of hydrogen-bond acceptors (Lipinski definition) is 7. The first-order valence-electron chi connectivity index (χ1n) is 12.2. The number of carbonyl (C=O) groups excluding carboxylic acids is 5. The van der Waals surface area contributed by atoms with Gasteiger partial charge in [-0.15, -0.1) is 0 Å². The molecule has 1 aromatic carbocycles. The molecule has 2 rings (SSSR count). The molecule has 1 saturated heterocycles. The van der Waals surface area contributed by atoms with Gasteiger partial charge < -0.3 is 24.4 Å². The number of rotatable bonds is 11. The summed E-state index contributed by atoms with van der Waals surface area (Å²) in [7, 11) is 4.86. The molecule has 1 aromatic rings. The Bertz CT molecular complexity index is 1080. The summed E-state index contributed by atoms with van der Waals surface area (Å²) in [5.41, 5.74) is -1.63. The lowest BCUT2D eigenvalue weighted by molar-refractivity contribution is -0.167. The Kier molecular flexibility index (Phi) is 11.2. The first kappa shape index (κ1) is 31.6. The highest BCUT2D eigenvalue weighted by Crippen LogP contribution is 2.37. The second-order valence-electron chi connectivity index (χ2n) is 10.3. The normalized spacial score (nSPS) is 18.0. The molecule has 1 aliphatic rings. The van der Waals surface area contributed by atoms with Crippen molar-refractivity contribution in [2.75, 3.05) is 34.7 Å². The molecule has 38 heavy (non-hydrogen) atoms. The van der Waals surface area contributed by atoms with E-state index in [1.54, 1.807) is 20.2 Å². The van der Waals surface area contributed by atoms with Crippen molar-refractivity contribution in [3.05, 3.63) is 33.8 Å². The maximum atomic E-state index is 13.2. The molecule has 1 fully saturated rings. The largest absolute Gasteiger partial charge is 0.531 e. The minimum absolute atomic E-state index is 0.0826. The first-order chi connectivity index (χ1) is 17.6. The second-order valence-corrected chi connectivity index (χ2v) is 11.1. The van der Waals surface area contributed by atoms with E-state index < -0.39 is 48.6 Å². The summed E-state index contributed by atoms with van der Waals surface area (Å²) in [4.78, 5) is 66.5. The standard InChI is InChI=1S/C25H34BCl2N3O7/c1-15(2)9-16(10-18(32)14-29-23(35)19-11-17(27)7-8-20(19)28)26-37-22(34)13-25(38-26,24(36)31(5)6)12-21(33)30(3)4/h7-8,11,15-16H,9-10,12-14H2,1-6H3,(H,29,35)/t16-,25+/m1/s1. The Morgan fingerprint density at radius 2 is 1.76 bits per heavy atom. The maximum Gasteiger partial charge on any atom is 0.531 e. The topological polar surface area (TPSA) is 122 Å². The van der Waals surface area contributed by atoms with Crippen LogP contribution in [-0.2, 0) is 28.5 Å². The lowest BCUT2D eigenvalue weighted by Crippen LogP contribution is -2.59. The van der Waals surface area contributed by atoms with E-state index in [4.69, 9.17) is 32.5 Å². The van der Waals surface area contributed by atoms with E-state index in [1.807, 2.05) is 13.8 Å². The van der Waals surface area contributed by atoms with Crippen LogP contribution >= 0.6 is 23.2 Å².